The van der Waals surface area contributed by atoms with Crippen LogP contribution in [0.3, 0.4) is 0 Å². The number of hydrogen-bond acceptors (Lipinski definition) is 6. The highest BCUT2D eigenvalue weighted by molar-refractivity contribution is 5.58. The minimum atomic E-state index is -0.164. The molecule has 0 aromatic carbocycles. The van der Waals surface area contributed by atoms with Crippen molar-refractivity contribution in [1.82, 2.24) is 9.97 Å². The molecule has 0 amide bonds. The van der Waals surface area contributed by atoms with E-state index in [0.29, 0.717) is 18.8 Å². The maximum Gasteiger partial charge on any atom is 0.148 e. The molecule has 0 atom stereocenters. The highest BCUT2D eigenvalue weighted by Crippen LogP contribution is 2.28. The van der Waals surface area contributed by atoms with Crippen molar-refractivity contribution in [3.8, 4) is 6.07 Å². The summed E-state index contributed by atoms with van der Waals surface area (Å²) < 4.78 is 0. The number of rotatable bonds is 5. The van der Waals surface area contributed by atoms with Crippen LogP contribution in [0.25, 0.3) is 0 Å². The molecular formula is C14H24N6. The normalized spacial score (nSPS) is 11.1. The molecule has 6 heteroatoms. The van der Waals surface area contributed by atoms with Crippen molar-refractivity contribution in [3.63, 3.8) is 0 Å². The van der Waals surface area contributed by atoms with Gasteiger partial charge in [-0.25, -0.2) is 15.8 Å². The van der Waals surface area contributed by atoms with Crippen molar-refractivity contribution in [2.45, 2.75) is 46.5 Å². The average molecular weight is 276 g/mol. The summed E-state index contributed by atoms with van der Waals surface area (Å²) in [5.74, 6) is 7.78. The van der Waals surface area contributed by atoms with Crippen molar-refractivity contribution in [3.05, 3.63) is 11.4 Å². The molecule has 0 bridgehead atoms. The average Bonchev–Trinajstić information content (AvgIpc) is 2.39. The first-order chi connectivity index (χ1) is 9.35. The number of nitrogen functional groups attached to an aromatic ring is 1. The van der Waals surface area contributed by atoms with Crippen LogP contribution in [0.2, 0.25) is 0 Å². The van der Waals surface area contributed by atoms with E-state index in [-0.39, 0.29) is 5.41 Å². The van der Waals surface area contributed by atoms with Crippen LogP contribution >= 0.6 is 0 Å². The molecule has 20 heavy (non-hydrogen) atoms. The van der Waals surface area contributed by atoms with E-state index in [0.717, 1.165) is 23.8 Å². The fraction of sp³-hybridized carbons (Fsp3) is 0.643. The molecule has 1 aromatic rings. The summed E-state index contributed by atoms with van der Waals surface area (Å²) in [6.07, 6.45) is 0.466. The summed E-state index contributed by atoms with van der Waals surface area (Å²) >= 11 is 0. The van der Waals surface area contributed by atoms with Crippen molar-refractivity contribution in [1.29, 1.82) is 5.26 Å². The van der Waals surface area contributed by atoms with Gasteiger partial charge in [0.15, 0.2) is 0 Å². The van der Waals surface area contributed by atoms with Crippen LogP contribution in [0.15, 0.2) is 0 Å². The van der Waals surface area contributed by atoms with E-state index >= 15 is 0 Å². The lowest BCUT2D eigenvalue weighted by Crippen LogP contribution is -2.29. The maximum atomic E-state index is 8.77. The number of aromatic nitrogens is 2. The molecular weight excluding hydrogens is 252 g/mol. The number of anilines is 2. The van der Waals surface area contributed by atoms with E-state index in [4.69, 9.17) is 11.1 Å². The second kappa shape index (κ2) is 6.53. The van der Waals surface area contributed by atoms with Gasteiger partial charge in [0.2, 0.25) is 0 Å². The second-order valence-corrected chi connectivity index (χ2v) is 5.73. The standard InChI is InChI=1S/C14H24N6/c1-6-20(9-7-8-15)12-10(2)11(19-16)17-13(18-12)14(3,4)5/h6-7,9,16H2,1-5H3,(H,17,18,19). The first-order valence-corrected chi connectivity index (χ1v) is 6.82. The largest absolute Gasteiger partial charge is 0.355 e. The third-order valence-corrected chi connectivity index (χ3v) is 3.10. The van der Waals surface area contributed by atoms with Gasteiger partial charge >= 0.3 is 0 Å². The molecule has 0 aliphatic carbocycles. The first-order valence-electron chi connectivity index (χ1n) is 6.82. The third kappa shape index (κ3) is 3.58. The molecule has 1 rings (SSSR count). The van der Waals surface area contributed by atoms with E-state index < -0.39 is 0 Å². The summed E-state index contributed by atoms with van der Waals surface area (Å²) in [4.78, 5) is 11.2. The number of nitrogens with two attached hydrogens (primary N) is 1. The fourth-order valence-corrected chi connectivity index (χ4v) is 1.89. The smallest absolute Gasteiger partial charge is 0.148 e. The molecule has 0 spiro atoms. The fourth-order valence-electron chi connectivity index (χ4n) is 1.89. The Balaban J connectivity index is 3.32. The van der Waals surface area contributed by atoms with Crippen LogP contribution in [0.1, 0.15) is 45.5 Å². The molecule has 1 aromatic heterocycles. The van der Waals surface area contributed by atoms with Gasteiger partial charge < -0.3 is 10.3 Å². The first kappa shape index (κ1) is 16.2. The summed E-state index contributed by atoms with van der Waals surface area (Å²) in [6.45, 7) is 11.6. The van der Waals surface area contributed by atoms with Gasteiger partial charge in [-0.3, -0.25) is 0 Å². The Morgan fingerprint density at radius 2 is 2.00 bits per heavy atom. The van der Waals surface area contributed by atoms with Crippen LogP contribution < -0.4 is 16.2 Å². The zero-order chi connectivity index (χ0) is 15.3. The summed E-state index contributed by atoms with van der Waals surface area (Å²) in [5.41, 5.74) is 3.38. The highest BCUT2D eigenvalue weighted by Gasteiger charge is 2.22. The zero-order valence-corrected chi connectivity index (χ0v) is 13.0. The molecule has 1 heterocycles. The van der Waals surface area contributed by atoms with E-state index in [9.17, 15) is 0 Å². The minimum absolute atomic E-state index is 0.164. The number of nitrogens with zero attached hydrogens (tertiary/aromatic N) is 4. The molecule has 0 saturated heterocycles. The highest BCUT2D eigenvalue weighted by atomic mass is 15.3. The summed E-state index contributed by atoms with van der Waals surface area (Å²) in [6, 6.07) is 2.17. The molecule has 0 aliphatic rings. The zero-order valence-electron chi connectivity index (χ0n) is 13.0. The van der Waals surface area contributed by atoms with Gasteiger partial charge in [-0.2, -0.15) is 5.26 Å². The summed E-state index contributed by atoms with van der Waals surface area (Å²) in [7, 11) is 0. The Labute approximate surface area is 121 Å². The predicted molar refractivity (Wildman–Crippen MR) is 81.4 cm³/mol. The van der Waals surface area contributed by atoms with Crippen LogP contribution in [-0.4, -0.2) is 23.1 Å². The van der Waals surface area contributed by atoms with E-state index in [1.54, 1.807) is 0 Å². The van der Waals surface area contributed by atoms with Crippen LogP contribution in [-0.2, 0) is 5.41 Å². The molecule has 0 unspecified atom stereocenters. The van der Waals surface area contributed by atoms with Gasteiger partial charge in [0.1, 0.15) is 17.5 Å². The molecule has 6 nitrogen and oxygen atoms in total. The van der Waals surface area contributed by atoms with Crippen molar-refractivity contribution in [2.24, 2.45) is 5.84 Å². The van der Waals surface area contributed by atoms with Gasteiger partial charge in [-0.1, -0.05) is 20.8 Å². The van der Waals surface area contributed by atoms with E-state index in [1.165, 1.54) is 0 Å². The number of hydrogen-bond donors (Lipinski definition) is 2. The molecule has 0 saturated carbocycles. The van der Waals surface area contributed by atoms with Gasteiger partial charge in [-0.15, -0.1) is 0 Å². The van der Waals surface area contributed by atoms with E-state index in [1.807, 2.05) is 13.8 Å². The van der Waals surface area contributed by atoms with Crippen LogP contribution in [0, 0.1) is 18.3 Å². The Morgan fingerprint density at radius 1 is 1.35 bits per heavy atom. The predicted octanol–water partition coefficient (Wildman–Crippen LogP) is 2.11. The molecule has 0 fully saturated rings. The maximum absolute atomic E-state index is 8.77. The van der Waals surface area contributed by atoms with E-state index in [2.05, 4.69) is 47.1 Å². The lowest BCUT2D eigenvalue weighted by molar-refractivity contribution is 0.544. The molecule has 0 radical (unpaired) electrons. The van der Waals surface area contributed by atoms with Gasteiger partial charge in [0, 0.05) is 24.1 Å². The topological polar surface area (TPSA) is 90.9 Å². The Hall–Kier alpha value is -1.87. The SMILES string of the molecule is CCN(CCC#N)c1nc(C(C)(C)C)nc(NN)c1C. The summed E-state index contributed by atoms with van der Waals surface area (Å²) in [5, 5.41) is 8.77. The Morgan fingerprint density at radius 3 is 2.45 bits per heavy atom. The lowest BCUT2D eigenvalue weighted by atomic mass is 9.95. The Bertz CT molecular complexity index is 498. The molecule has 0 aliphatic heterocycles. The third-order valence-electron chi connectivity index (χ3n) is 3.10. The van der Waals surface area contributed by atoms with Gasteiger partial charge in [0.05, 0.1) is 12.5 Å². The lowest BCUT2D eigenvalue weighted by Gasteiger charge is -2.26. The van der Waals surface area contributed by atoms with Gasteiger partial charge in [0.25, 0.3) is 0 Å². The quantitative estimate of drug-likeness (QED) is 0.632. The molecule has 110 valence electrons. The second-order valence-electron chi connectivity index (χ2n) is 5.73. The Kier molecular flexibility index (Phi) is 5.28. The van der Waals surface area contributed by atoms with Crippen LogP contribution in [0.4, 0.5) is 11.6 Å². The number of nitriles is 1. The van der Waals surface area contributed by atoms with Gasteiger partial charge in [-0.05, 0) is 13.8 Å². The monoisotopic (exact) mass is 276 g/mol. The van der Waals surface area contributed by atoms with Crippen molar-refractivity contribution in [2.75, 3.05) is 23.4 Å². The van der Waals surface area contributed by atoms with Crippen molar-refractivity contribution >= 4 is 11.6 Å². The number of hydrazine groups is 1. The minimum Gasteiger partial charge on any atom is -0.355 e. The molecule has 3 N–H and O–H groups in total. The van der Waals surface area contributed by atoms with Crippen molar-refractivity contribution < 1.29 is 0 Å². The van der Waals surface area contributed by atoms with Crippen LogP contribution in [0.5, 0.6) is 0 Å². The number of nitrogens with one attached hydrogen (secondary N) is 1.